The summed E-state index contributed by atoms with van der Waals surface area (Å²) in [5.41, 5.74) is 14.3. The van der Waals surface area contributed by atoms with Crippen LogP contribution in [-0.2, 0) is 0 Å². The quantitative estimate of drug-likeness (QED) is 0.113. The molecule has 0 bridgehead atoms. The van der Waals surface area contributed by atoms with Crippen molar-refractivity contribution in [1.82, 2.24) is 0 Å². The van der Waals surface area contributed by atoms with E-state index in [1.54, 1.807) is 0 Å². The Morgan fingerprint density at radius 2 is 0.618 bits per heavy atom. The molecule has 2 nitrogen and oxygen atoms in total. The van der Waals surface area contributed by atoms with E-state index in [1.165, 1.54) is 76.5 Å². The second kappa shape index (κ2) is 18.4. The fraction of sp³-hybridized carbons (Fsp3) is 0.121. The van der Waals surface area contributed by atoms with E-state index < -0.39 is 0 Å². The number of benzene rings is 11. The molecule has 2 unspecified atom stereocenters. The first-order valence-electron chi connectivity index (χ1n) is 24.4. The van der Waals surface area contributed by atoms with Crippen LogP contribution in [0.2, 0.25) is 0 Å². The molecule has 2 atom stereocenters. The molecule has 11 rings (SSSR count). The van der Waals surface area contributed by atoms with Gasteiger partial charge in [0.1, 0.15) is 0 Å². The third kappa shape index (κ3) is 7.96. The van der Waals surface area contributed by atoms with Crippen LogP contribution in [0.15, 0.2) is 231 Å². The van der Waals surface area contributed by atoms with Gasteiger partial charge in [0.25, 0.3) is 0 Å². The molecule has 68 heavy (non-hydrogen) atoms. The standard InChI is InChI=1S/C66H56N2/c1-5-45(3)47-25-31-55(32-26-47)67(57-35-29-49-17-13-15-23-53(49)41-57)59-37-39-61-63(43-59)65(51-19-9-7-10-20-51)62-40-38-60(44-64(62)66(61)52-21-11-8-12-22-52)68(56-33-27-48(28-34-56)46(4)6-2)58-36-30-50-18-14-16-24-54(50)42-58/h7-46H,5-6H2,1-4H3. The van der Waals surface area contributed by atoms with Gasteiger partial charge >= 0.3 is 0 Å². The molecule has 0 N–H and O–H groups in total. The largest absolute Gasteiger partial charge is 0.310 e. The van der Waals surface area contributed by atoms with Crippen LogP contribution in [0.1, 0.15) is 63.5 Å². The Bertz CT molecular complexity index is 3320. The van der Waals surface area contributed by atoms with E-state index in [4.69, 9.17) is 0 Å². The summed E-state index contributed by atoms with van der Waals surface area (Å²) in [6.07, 6.45) is 2.21. The Kier molecular flexibility index (Phi) is 11.5. The smallest absolute Gasteiger partial charge is 0.0468 e. The number of hydrogen-bond donors (Lipinski definition) is 0. The molecule has 0 saturated heterocycles. The summed E-state index contributed by atoms with van der Waals surface area (Å²) in [5.74, 6) is 0.986. The minimum absolute atomic E-state index is 0.493. The van der Waals surface area contributed by atoms with Gasteiger partial charge in [0.15, 0.2) is 0 Å². The molecular formula is C66H56N2. The van der Waals surface area contributed by atoms with Gasteiger partial charge in [0, 0.05) is 34.1 Å². The van der Waals surface area contributed by atoms with E-state index in [2.05, 4.69) is 268 Å². The summed E-state index contributed by atoms with van der Waals surface area (Å²) >= 11 is 0. The van der Waals surface area contributed by atoms with Crippen LogP contribution in [0.3, 0.4) is 0 Å². The average molecular weight is 877 g/mol. The number of fused-ring (bicyclic) bond motifs is 4. The highest BCUT2D eigenvalue weighted by molar-refractivity contribution is 6.22. The first-order chi connectivity index (χ1) is 33.4. The van der Waals surface area contributed by atoms with Gasteiger partial charge in [-0.15, -0.1) is 0 Å². The van der Waals surface area contributed by atoms with Gasteiger partial charge < -0.3 is 9.80 Å². The van der Waals surface area contributed by atoms with Crippen molar-refractivity contribution in [2.75, 3.05) is 9.80 Å². The zero-order chi connectivity index (χ0) is 46.1. The molecule has 0 aliphatic heterocycles. The molecule has 0 aliphatic rings. The molecule has 0 saturated carbocycles. The van der Waals surface area contributed by atoms with E-state index >= 15 is 0 Å². The lowest BCUT2D eigenvalue weighted by molar-refractivity contribution is 0.733. The van der Waals surface area contributed by atoms with Crippen LogP contribution in [0.5, 0.6) is 0 Å². The van der Waals surface area contributed by atoms with E-state index in [-0.39, 0.29) is 0 Å². The molecule has 0 heterocycles. The van der Waals surface area contributed by atoms with Crippen molar-refractivity contribution in [2.45, 2.75) is 52.4 Å². The van der Waals surface area contributed by atoms with Gasteiger partial charge in [-0.05, 0) is 174 Å². The van der Waals surface area contributed by atoms with Crippen molar-refractivity contribution in [2.24, 2.45) is 0 Å². The van der Waals surface area contributed by atoms with Gasteiger partial charge in [-0.1, -0.05) is 185 Å². The highest BCUT2D eigenvalue weighted by Crippen LogP contribution is 2.49. The van der Waals surface area contributed by atoms with Gasteiger partial charge in [-0.25, -0.2) is 0 Å². The zero-order valence-electron chi connectivity index (χ0n) is 39.4. The van der Waals surface area contributed by atoms with Crippen molar-refractivity contribution in [1.29, 1.82) is 0 Å². The monoisotopic (exact) mass is 876 g/mol. The molecule has 11 aromatic carbocycles. The predicted molar refractivity (Wildman–Crippen MR) is 294 cm³/mol. The second-order valence-corrected chi connectivity index (χ2v) is 18.5. The van der Waals surface area contributed by atoms with Crippen molar-refractivity contribution in [3.05, 3.63) is 242 Å². The molecule has 2 heteroatoms. The van der Waals surface area contributed by atoms with Gasteiger partial charge in [0.05, 0.1) is 0 Å². The summed E-state index contributed by atoms with van der Waals surface area (Å²) in [7, 11) is 0. The van der Waals surface area contributed by atoms with Crippen LogP contribution in [0.4, 0.5) is 34.1 Å². The van der Waals surface area contributed by atoms with Crippen LogP contribution >= 0.6 is 0 Å². The van der Waals surface area contributed by atoms with Crippen LogP contribution in [-0.4, -0.2) is 0 Å². The summed E-state index contributed by atoms with van der Waals surface area (Å²) in [4.78, 5) is 4.87. The highest BCUT2D eigenvalue weighted by Gasteiger charge is 2.23. The normalized spacial score (nSPS) is 12.4. The minimum atomic E-state index is 0.493. The topological polar surface area (TPSA) is 6.48 Å². The Balaban J connectivity index is 1.18. The molecule has 0 spiro atoms. The summed E-state index contributed by atoms with van der Waals surface area (Å²) in [5, 5.41) is 9.74. The molecule has 0 radical (unpaired) electrons. The molecule has 0 aromatic heterocycles. The number of hydrogen-bond acceptors (Lipinski definition) is 2. The fourth-order valence-electron chi connectivity index (χ4n) is 10.2. The minimum Gasteiger partial charge on any atom is -0.310 e. The third-order valence-electron chi connectivity index (χ3n) is 14.4. The lowest BCUT2D eigenvalue weighted by Gasteiger charge is -2.29. The summed E-state index contributed by atoms with van der Waals surface area (Å²) in [6, 6.07) is 85.8. The maximum absolute atomic E-state index is 2.44. The van der Waals surface area contributed by atoms with Gasteiger partial charge in [-0.2, -0.15) is 0 Å². The van der Waals surface area contributed by atoms with E-state index in [0.29, 0.717) is 11.8 Å². The molecule has 0 fully saturated rings. The van der Waals surface area contributed by atoms with Gasteiger partial charge in [0.2, 0.25) is 0 Å². The number of rotatable bonds is 12. The zero-order valence-corrected chi connectivity index (χ0v) is 39.4. The number of nitrogens with zero attached hydrogens (tertiary/aromatic N) is 2. The Morgan fingerprint density at radius 1 is 0.294 bits per heavy atom. The molecular weight excluding hydrogens is 821 g/mol. The lowest BCUT2D eigenvalue weighted by atomic mass is 9.85. The molecule has 330 valence electrons. The first kappa shape index (κ1) is 42.7. The maximum Gasteiger partial charge on any atom is 0.0468 e. The summed E-state index contributed by atoms with van der Waals surface area (Å²) < 4.78 is 0. The average Bonchev–Trinajstić information content (AvgIpc) is 3.40. The maximum atomic E-state index is 2.44. The Labute approximate surface area is 401 Å². The van der Waals surface area contributed by atoms with Crippen LogP contribution in [0, 0.1) is 0 Å². The molecule has 0 amide bonds. The Morgan fingerprint density at radius 3 is 1.00 bits per heavy atom. The van der Waals surface area contributed by atoms with E-state index in [1.807, 2.05) is 0 Å². The van der Waals surface area contributed by atoms with Crippen molar-refractivity contribution < 1.29 is 0 Å². The van der Waals surface area contributed by atoms with Crippen molar-refractivity contribution in [3.63, 3.8) is 0 Å². The fourth-order valence-corrected chi connectivity index (χ4v) is 10.2. The molecule has 11 aromatic rings. The van der Waals surface area contributed by atoms with Gasteiger partial charge in [-0.3, -0.25) is 0 Å². The molecule has 0 aliphatic carbocycles. The Hall–Kier alpha value is -7.94. The highest BCUT2D eigenvalue weighted by atomic mass is 15.1. The van der Waals surface area contributed by atoms with Crippen molar-refractivity contribution in [3.8, 4) is 22.3 Å². The SMILES string of the molecule is CCC(C)c1ccc(N(c2ccc3ccccc3c2)c2ccc3c(-c4ccccc4)c4cc(N(c5ccc(C(C)CC)cc5)c5ccc6ccccc6c5)ccc4c(-c4ccccc4)c3c2)cc1. The summed E-state index contributed by atoms with van der Waals surface area (Å²) in [6.45, 7) is 9.16. The third-order valence-corrected chi connectivity index (χ3v) is 14.4. The second-order valence-electron chi connectivity index (χ2n) is 18.5. The van der Waals surface area contributed by atoms with E-state index in [9.17, 15) is 0 Å². The van der Waals surface area contributed by atoms with Crippen LogP contribution in [0.25, 0.3) is 65.3 Å². The first-order valence-corrected chi connectivity index (χ1v) is 24.4. The predicted octanol–water partition coefficient (Wildman–Crippen LogP) is 19.6. The van der Waals surface area contributed by atoms with Crippen LogP contribution < -0.4 is 9.80 Å². The lowest BCUT2D eigenvalue weighted by Crippen LogP contribution is -2.11. The van der Waals surface area contributed by atoms with E-state index in [0.717, 1.165) is 47.0 Å². The number of anilines is 6. The van der Waals surface area contributed by atoms with Crippen molar-refractivity contribution >= 4 is 77.2 Å².